The fourth-order valence-corrected chi connectivity index (χ4v) is 3.27. The van der Waals surface area contributed by atoms with Crippen molar-refractivity contribution >= 4 is 28.7 Å². The molecule has 1 aliphatic heterocycles. The maximum atomic E-state index is 12.9. The molecular weight excluding hydrogens is 404 g/mol. The third kappa shape index (κ3) is 3.35. The van der Waals surface area contributed by atoms with E-state index in [1.807, 2.05) is 0 Å². The van der Waals surface area contributed by atoms with E-state index < -0.39 is 23.8 Å². The molecule has 0 N–H and O–H groups in total. The zero-order chi connectivity index (χ0) is 20.7. The van der Waals surface area contributed by atoms with Gasteiger partial charge in [0.05, 0.1) is 13.7 Å². The van der Waals surface area contributed by atoms with Gasteiger partial charge in [0.15, 0.2) is 17.3 Å². The number of aromatic nitrogens is 4. The summed E-state index contributed by atoms with van der Waals surface area (Å²) >= 11 is 5.86. The van der Waals surface area contributed by atoms with Gasteiger partial charge in [0.2, 0.25) is 0 Å². The summed E-state index contributed by atoms with van der Waals surface area (Å²) < 4.78 is 19.6. The van der Waals surface area contributed by atoms with Crippen LogP contribution in [0.5, 0.6) is 11.8 Å². The van der Waals surface area contributed by atoms with Crippen molar-refractivity contribution in [3.8, 4) is 11.8 Å². The normalized spacial score (nSPS) is 15.2. The first-order chi connectivity index (χ1) is 13.9. The predicted octanol–water partition coefficient (Wildman–Crippen LogP) is 0.563. The number of aryl methyl sites for hydroxylation is 1. The molecule has 1 aromatic carbocycles. The van der Waals surface area contributed by atoms with Crippen LogP contribution in [-0.4, -0.2) is 44.5 Å². The third-order valence-corrected chi connectivity index (χ3v) is 4.87. The van der Waals surface area contributed by atoms with E-state index in [2.05, 4.69) is 9.72 Å². The minimum atomic E-state index is -0.699. The molecule has 0 radical (unpaired) electrons. The van der Waals surface area contributed by atoms with Crippen LogP contribution >= 0.6 is 11.6 Å². The van der Waals surface area contributed by atoms with Crippen LogP contribution in [0.3, 0.4) is 0 Å². The first-order valence-corrected chi connectivity index (χ1v) is 9.08. The number of carbonyl (C=O) groups is 1. The van der Waals surface area contributed by atoms with Crippen molar-refractivity contribution in [3.05, 3.63) is 50.1 Å². The average molecular weight is 421 g/mol. The van der Waals surface area contributed by atoms with Crippen molar-refractivity contribution in [1.29, 1.82) is 0 Å². The van der Waals surface area contributed by atoms with E-state index in [1.165, 1.54) is 18.7 Å². The molecular formula is C18H17ClN4O6. The van der Waals surface area contributed by atoms with Crippen LogP contribution in [0, 0.1) is 0 Å². The molecule has 1 atom stereocenters. The van der Waals surface area contributed by atoms with Gasteiger partial charge >= 0.3 is 11.7 Å². The van der Waals surface area contributed by atoms with Crippen molar-refractivity contribution in [3.63, 3.8) is 0 Å². The van der Waals surface area contributed by atoms with Crippen molar-refractivity contribution in [1.82, 2.24) is 18.7 Å². The highest BCUT2D eigenvalue weighted by atomic mass is 35.5. The molecule has 0 aliphatic carbocycles. The Morgan fingerprint density at radius 2 is 2.03 bits per heavy atom. The number of halogens is 1. The summed E-state index contributed by atoms with van der Waals surface area (Å²) in [5.74, 6) is -0.0644. The van der Waals surface area contributed by atoms with Crippen molar-refractivity contribution in [2.24, 2.45) is 7.05 Å². The largest absolute Gasteiger partial charge is 0.490 e. The van der Waals surface area contributed by atoms with Crippen LogP contribution in [0.4, 0.5) is 0 Å². The Balaban J connectivity index is 1.62. The smallest absolute Gasteiger partial charge is 0.333 e. The van der Waals surface area contributed by atoms with E-state index in [-0.39, 0.29) is 29.9 Å². The summed E-state index contributed by atoms with van der Waals surface area (Å²) in [4.78, 5) is 41.2. The molecule has 3 heterocycles. The van der Waals surface area contributed by atoms with Crippen LogP contribution in [0.25, 0.3) is 11.2 Å². The van der Waals surface area contributed by atoms with Gasteiger partial charge in [-0.05, 0) is 24.3 Å². The first kappa shape index (κ1) is 19.1. The van der Waals surface area contributed by atoms with Crippen LogP contribution < -0.4 is 20.7 Å². The number of hydrogen-bond donors (Lipinski definition) is 0. The number of hydrogen-bond acceptors (Lipinski definition) is 7. The highest BCUT2D eigenvalue weighted by Gasteiger charge is 2.30. The highest BCUT2D eigenvalue weighted by molar-refractivity contribution is 6.30. The van der Waals surface area contributed by atoms with Gasteiger partial charge in [-0.2, -0.15) is 4.98 Å². The maximum Gasteiger partial charge on any atom is 0.333 e. The van der Waals surface area contributed by atoms with Gasteiger partial charge in [-0.25, -0.2) is 9.36 Å². The standard InChI is InChI=1S/C18H17ClN4O6/c1-21-15-14(16(25)23(18(21)26)8-13(24)27-2)22-7-12(29-17(22)20-15)9-28-11-5-3-10(19)4-6-11/h3-6,12H,7-9H2,1-2H3/t12-/m0/s1. The van der Waals surface area contributed by atoms with Gasteiger partial charge < -0.3 is 14.2 Å². The van der Waals surface area contributed by atoms with Crippen LogP contribution in [0.1, 0.15) is 0 Å². The summed E-state index contributed by atoms with van der Waals surface area (Å²) in [7, 11) is 2.66. The number of fused-ring (bicyclic) bond motifs is 3. The zero-order valence-electron chi connectivity index (χ0n) is 15.6. The average Bonchev–Trinajstić information content (AvgIpc) is 3.26. The Morgan fingerprint density at radius 1 is 1.31 bits per heavy atom. The lowest BCUT2D eigenvalue weighted by Gasteiger charge is -2.12. The summed E-state index contributed by atoms with van der Waals surface area (Å²) in [5, 5.41) is 0.606. The lowest BCUT2D eigenvalue weighted by atomic mass is 10.3. The Labute approximate surface area is 168 Å². The second-order valence-corrected chi connectivity index (χ2v) is 6.93. The molecule has 0 bridgehead atoms. The molecule has 29 heavy (non-hydrogen) atoms. The van der Waals surface area contributed by atoms with E-state index in [9.17, 15) is 14.4 Å². The molecule has 152 valence electrons. The van der Waals surface area contributed by atoms with Gasteiger partial charge in [-0.15, -0.1) is 0 Å². The number of carbonyl (C=O) groups excluding carboxylic acids is 1. The molecule has 0 saturated heterocycles. The molecule has 0 amide bonds. The molecule has 0 spiro atoms. The third-order valence-electron chi connectivity index (χ3n) is 4.62. The number of methoxy groups -OCH3 is 1. The van der Waals surface area contributed by atoms with Gasteiger partial charge in [-0.1, -0.05) is 11.6 Å². The minimum absolute atomic E-state index is 0.181. The van der Waals surface area contributed by atoms with Gasteiger partial charge in [0.25, 0.3) is 11.6 Å². The second kappa shape index (κ2) is 7.28. The number of rotatable bonds is 5. The van der Waals surface area contributed by atoms with E-state index in [0.717, 1.165) is 4.57 Å². The Morgan fingerprint density at radius 3 is 2.72 bits per heavy atom. The lowest BCUT2D eigenvalue weighted by Crippen LogP contribution is -2.41. The first-order valence-electron chi connectivity index (χ1n) is 8.71. The van der Waals surface area contributed by atoms with Crippen molar-refractivity contribution in [2.75, 3.05) is 13.7 Å². The quantitative estimate of drug-likeness (QED) is 0.555. The van der Waals surface area contributed by atoms with E-state index in [1.54, 1.807) is 28.8 Å². The van der Waals surface area contributed by atoms with Gasteiger partial charge in [0, 0.05) is 12.1 Å². The summed E-state index contributed by atoms with van der Waals surface area (Å²) in [5.41, 5.74) is -0.921. The topological polar surface area (TPSA) is 107 Å². The fraction of sp³-hybridized carbons (Fsp3) is 0.333. The van der Waals surface area contributed by atoms with E-state index in [0.29, 0.717) is 17.3 Å². The summed E-state index contributed by atoms with van der Waals surface area (Å²) in [6, 6.07) is 7.14. The highest BCUT2D eigenvalue weighted by Crippen LogP contribution is 2.26. The number of benzene rings is 1. The molecule has 0 fully saturated rings. The Hall–Kier alpha value is -3.27. The van der Waals surface area contributed by atoms with Crippen LogP contribution in [0.2, 0.25) is 5.02 Å². The number of esters is 1. The molecule has 10 nitrogen and oxygen atoms in total. The summed E-state index contributed by atoms with van der Waals surface area (Å²) in [6.45, 7) is 0.0577. The maximum absolute atomic E-state index is 12.9. The molecule has 1 aliphatic rings. The fourth-order valence-electron chi connectivity index (χ4n) is 3.14. The summed E-state index contributed by atoms with van der Waals surface area (Å²) in [6.07, 6.45) is -0.372. The number of nitrogens with zero attached hydrogens (tertiary/aromatic N) is 4. The van der Waals surface area contributed by atoms with Crippen molar-refractivity contribution in [2.45, 2.75) is 19.2 Å². The van der Waals surface area contributed by atoms with E-state index in [4.69, 9.17) is 21.1 Å². The lowest BCUT2D eigenvalue weighted by molar-refractivity contribution is -0.141. The van der Waals surface area contributed by atoms with Gasteiger partial charge in [-0.3, -0.25) is 18.7 Å². The van der Waals surface area contributed by atoms with Crippen molar-refractivity contribution < 1.29 is 19.0 Å². The van der Waals surface area contributed by atoms with Crippen LogP contribution in [0.15, 0.2) is 33.9 Å². The van der Waals surface area contributed by atoms with Crippen LogP contribution in [-0.2, 0) is 29.7 Å². The number of imidazole rings is 1. The molecule has 11 heteroatoms. The Kier molecular flexibility index (Phi) is 4.79. The number of ether oxygens (including phenoxy) is 3. The monoisotopic (exact) mass is 420 g/mol. The Bertz CT molecular complexity index is 1210. The predicted molar refractivity (Wildman–Crippen MR) is 103 cm³/mol. The zero-order valence-corrected chi connectivity index (χ0v) is 16.4. The molecule has 2 aromatic heterocycles. The molecule has 0 unspecified atom stereocenters. The molecule has 3 aromatic rings. The molecule has 4 rings (SSSR count). The van der Waals surface area contributed by atoms with E-state index >= 15 is 0 Å². The minimum Gasteiger partial charge on any atom is -0.490 e. The van der Waals surface area contributed by atoms with Gasteiger partial charge in [0.1, 0.15) is 18.9 Å². The second-order valence-electron chi connectivity index (χ2n) is 6.49. The molecule has 0 saturated carbocycles. The SMILES string of the molecule is COC(=O)Cn1c(=O)c2c(nc3n2C[C@@H](COc2ccc(Cl)cc2)O3)n(C)c1=O.